The molecule has 0 saturated carbocycles. The van der Waals surface area contributed by atoms with E-state index in [2.05, 4.69) is 0 Å². The van der Waals surface area contributed by atoms with E-state index < -0.39 is 22.4 Å². The van der Waals surface area contributed by atoms with Crippen LogP contribution in [0.25, 0.3) is 0 Å². The van der Waals surface area contributed by atoms with Crippen LogP contribution in [0.4, 0.5) is 8.78 Å². The fourth-order valence-electron chi connectivity index (χ4n) is 2.19. The number of hydrogen-bond donors (Lipinski definition) is 1. The summed E-state index contributed by atoms with van der Waals surface area (Å²) in [4.78, 5) is 0. The lowest BCUT2D eigenvalue weighted by Gasteiger charge is -2.44. The summed E-state index contributed by atoms with van der Waals surface area (Å²) >= 11 is 0. The van der Waals surface area contributed by atoms with Crippen molar-refractivity contribution in [3.8, 4) is 0 Å². The van der Waals surface area contributed by atoms with Crippen molar-refractivity contribution in [2.75, 3.05) is 19.8 Å². The first-order valence-electron chi connectivity index (χ1n) is 8.33. The van der Waals surface area contributed by atoms with E-state index in [1.54, 1.807) is 0 Å². The third-order valence-electron chi connectivity index (χ3n) is 4.27. The SMILES string of the molecule is CC(C)(C)OCCC(C)(C)OCC(C)(C)C(F)(F)C(C)(C)CN. The number of rotatable bonds is 9. The molecule has 0 atom stereocenters. The van der Waals surface area contributed by atoms with E-state index in [9.17, 15) is 8.78 Å². The Morgan fingerprint density at radius 3 is 1.65 bits per heavy atom. The van der Waals surface area contributed by atoms with Crippen molar-refractivity contribution in [1.82, 2.24) is 0 Å². The second kappa shape index (κ2) is 7.32. The first kappa shape index (κ1) is 22.7. The second-order valence-corrected chi connectivity index (χ2v) is 9.31. The molecule has 140 valence electrons. The minimum Gasteiger partial charge on any atom is -0.376 e. The van der Waals surface area contributed by atoms with E-state index in [-0.39, 0.29) is 18.8 Å². The molecule has 2 N–H and O–H groups in total. The van der Waals surface area contributed by atoms with Gasteiger partial charge in [0.05, 0.1) is 23.2 Å². The summed E-state index contributed by atoms with van der Waals surface area (Å²) in [5.41, 5.74) is 2.22. The Morgan fingerprint density at radius 1 is 0.783 bits per heavy atom. The van der Waals surface area contributed by atoms with Crippen molar-refractivity contribution in [3.05, 3.63) is 0 Å². The van der Waals surface area contributed by atoms with Crippen molar-refractivity contribution in [2.45, 2.75) is 85.9 Å². The Kier molecular flexibility index (Phi) is 7.24. The maximum absolute atomic E-state index is 14.8. The van der Waals surface area contributed by atoms with E-state index in [0.717, 1.165) is 0 Å². The third-order valence-corrected chi connectivity index (χ3v) is 4.27. The number of nitrogens with two attached hydrogens (primary N) is 1. The van der Waals surface area contributed by atoms with Gasteiger partial charge in [0.1, 0.15) is 0 Å². The molecule has 5 heteroatoms. The molecule has 0 aromatic heterocycles. The van der Waals surface area contributed by atoms with Gasteiger partial charge in [-0.2, -0.15) is 0 Å². The van der Waals surface area contributed by atoms with Crippen molar-refractivity contribution in [1.29, 1.82) is 0 Å². The van der Waals surface area contributed by atoms with Crippen LogP contribution in [0.1, 0.15) is 68.7 Å². The molecule has 0 rings (SSSR count). The molecule has 0 radical (unpaired) electrons. The number of alkyl halides is 2. The molecule has 0 aromatic carbocycles. The van der Waals surface area contributed by atoms with Gasteiger partial charge >= 0.3 is 0 Å². The van der Waals surface area contributed by atoms with E-state index >= 15 is 0 Å². The lowest BCUT2D eigenvalue weighted by atomic mass is 9.71. The van der Waals surface area contributed by atoms with E-state index in [1.807, 2.05) is 34.6 Å². The minimum atomic E-state index is -2.94. The highest BCUT2D eigenvalue weighted by Gasteiger charge is 2.57. The van der Waals surface area contributed by atoms with E-state index in [1.165, 1.54) is 27.7 Å². The number of halogens is 2. The average Bonchev–Trinajstić information content (AvgIpc) is 2.34. The van der Waals surface area contributed by atoms with Crippen LogP contribution < -0.4 is 5.73 Å². The Balaban J connectivity index is 4.74. The third kappa shape index (κ3) is 6.63. The summed E-state index contributed by atoms with van der Waals surface area (Å²) in [5.74, 6) is -2.94. The molecule has 0 aliphatic rings. The van der Waals surface area contributed by atoms with Crippen LogP contribution in [-0.2, 0) is 9.47 Å². The molecule has 3 nitrogen and oxygen atoms in total. The molecule has 0 spiro atoms. The van der Waals surface area contributed by atoms with Gasteiger partial charge in [0.25, 0.3) is 5.92 Å². The fourth-order valence-corrected chi connectivity index (χ4v) is 2.19. The smallest absolute Gasteiger partial charge is 0.261 e. The molecular weight excluding hydrogens is 300 g/mol. The summed E-state index contributed by atoms with van der Waals surface area (Å²) in [6.45, 7) is 16.2. The number of ether oxygens (including phenoxy) is 2. The summed E-state index contributed by atoms with van der Waals surface area (Å²) in [7, 11) is 0. The Labute approximate surface area is 141 Å². The first-order chi connectivity index (χ1) is 9.97. The summed E-state index contributed by atoms with van der Waals surface area (Å²) in [6, 6.07) is 0. The van der Waals surface area contributed by atoms with Gasteiger partial charge in [-0.25, -0.2) is 8.78 Å². The Hall–Kier alpha value is -0.260. The van der Waals surface area contributed by atoms with Gasteiger partial charge in [-0.05, 0) is 41.0 Å². The lowest BCUT2D eigenvalue weighted by molar-refractivity contribution is -0.214. The highest BCUT2D eigenvalue weighted by molar-refractivity contribution is 4.97. The van der Waals surface area contributed by atoms with Crippen molar-refractivity contribution in [2.24, 2.45) is 16.6 Å². The molecule has 0 fully saturated rings. The zero-order valence-corrected chi connectivity index (χ0v) is 16.5. The van der Waals surface area contributed by atoms with Crippen LogP contribution in [-0.4, -0.2) is 36.9 Å². The van der Waals surface area contributed by atoms with Crippen LogP contribution in [0.15, 0.2) is 0 Å². The molecule has 0 heterocycles. The number of hydrogen-bond acceptors (Lipinski definition) is 3. The van der Waals surface area contributed by atoms with Gasteiger partial charge < -0.3 is 15.2 Å². The summed E-state index contributed by atoms with van der Waals surface area (Å²) in [5, 5.41) is 0. The predicted octanol–water partition coefficient (Wildman–Crippen LogP) is 4.63. The zero-order chi connectivity index (χ0) is 18.7. The molecule has 0 aliphatic carbocycles. The van der Waals surface area contributed by atoms with Crippen molar-refractivity contribution < 1.29 is 18.3 Å². The summed E-state index contributed by atoms with van der Waals surface area (Å²) < 4.78 is 41.1. The average molecular weight is 337 g/mol. The summed E-state index contributed by atoms with van der Waals surface area (Å²) in [6.07, 6.45) is 0.645. The highest BCUT2D eigenvalue weighted by atomic mass is 19.3. The van der Waals surface area contributed by atoms with Crippen molar-refractivity contribution >= 4 is 0 Å². The topological polar surface area (TPSA) is 44.5 Å². The van der Waals surface area contributed by atoms with E-state index in [4.69, 9.17) is 15.2 Å². The van der Waals surface area contributed by atoms with Crippen LogP contribution in [0, 0.1) is 10.8 Å². The Bertz CT molecular complexity index is 372. The highest BCUT2D eigenvalue weighted by Crippen LogP contribution is 2.48. The van der Waals surface area contributed by atoms with Gasteiger partial charge in [0, 0.05) is 18.6 Å². The van der Waals surface area contributed by atoms with Gasteiger partial charge in [-0.1, -0.05) is 27.7 Å². The van der Waals surface area contributed by atoms with Gasteiger partial charge in [-0.3, -0.25) is 0 Å². The zero-order valence-electron chi connectivity index (χ0n) is 16.5. The van der Waals surface area contributed by atoms with Gasteiger partial charge in [0.2, 0.25) is 0 Å². The molecular formula is C18H37F2NO2. The molecule has 23 heavy (non-hydrogen) atoms. The van der Waals surface area contributed by atoms with Crippen molar-refractivity contribution in [3.63, 3.8) is 0 Å². The molecule has 0 unspecified atom stereocenters. The molecule has 0 aromatic rings. The quantitative estimate of drug-likeness (QED) is 0.667. The van der Waals surface area contributed by atoms with Crippen LogP contribution in [0.3, 0.4) is 0 Å². The normalized spacial score (nSPS) is 15.1. The maximum atomic E-state index is 14.8. The van der Waals surface area contributed by atoms with Crippen LogP contribution in [0.2, 0.25) is 0 Å². The second-order valence-electron chi connectivity index (χ2n) is 9.31. The van der Waals surface area contributed by atoms with Crippen LogP contribution in [0.5, 0.6) is 0 Å². The predicted molar refractivity (Wildman–Crippen MR) is 91.9 cm³/mol. The molecule has 0 bridgehead atoms. The molecule has 0 amide bonds. The molecule has 0 aliphatic heterocycles. The molecule has 0 saturated heterocycles. The first-order valence-corrected chi connectivity index (χ1v) is 8.33. The fraction of sp³-hybridized carbons (Fsp3) is 1.00. The Morgan fingerprint density at radius 2 is 1.26 bits per heavy atom. The largest absolute Gasteiger partial charge is 0.376 e. The van der Waals surface area contributed by atoms with E-state index in [0.29, 0.717) is 13.0 Å². The van der Waals surface area contributed by atoms with Crippen LogP contribution >= 0.6 is 0 Å². The minimum absolute atomic E-state index is 0.0358. The van der Waals surface area contributed by atoms with Gasteiger partial charge in [-0.15, -0.1) is 0 Å². The lowest BCUT2D eigenvalue weighted by Crippen LogP contribution is -2.54. The standard InChI is InChI=1S/C18H37F2NO2/c1-14(2,3)22-11-10-17(8,9)23-13-16(6,7)18(19,20)15(4,5)12-21/h10-13,21H2,1-9H3. The monoisotopic (exact) mass is 337 g/mol. The van der Waals surface area contributed by atoms with Gasteiger partial charge in [0.15, 0.2) is 0 Å². The maximum Gasteiger partial charge on any atom is 0.261 e.